The molecule has 114 valence electrons. The molecule has 1 aromatic rings. The summed E-state index contributed by atoms with van der Waals surface area (Å²) in [6, 6.07) is 1.76. The van der Waals surface area contributed by atoms with Crippen LogP contribution in [0.5, 0.6) is 0 Å². The number of methoxy groups -OCH3 is 1. The van der Waals surface area contributed by atoms with Crippen molar-refractivity contribution >= 4 is 28.6 Å². The number of carbonyl (C=O) groups is 1. The molecule has 0 amide bonds. The van der Waals surface area contributed by atoms with Crippen molar-refractivity contribution in [1.29, 1.82) is 0 Å². The van der Waals surface area contributed by atoms with E-state index in [0.29, 0.717) is 10.6 Å². The van der Waals surface area contributed by atoms with Crippen LogP contribution < -0.4 is 5.32 Å². The maximum Gasteiger partial charge on any atom is 0.350 e. The molecule has 5 heteroatoms. The van der Waals surface area contributed by atoms with E-state index in [2.05, 4.69) is 11.9 Å². The topological polar surface area (TPSA) is 58.6 Å². The van der Waals surface area contributed by atoms with Crippen molar-refractivity contribution in [2.24, 2.45) is 0 Å². The molecule has 0 aliphatic carbocycles. The number of anilines is 1. The van der Waals surface area contributed by atoms with Crippen molar-refractivity contribution < 1.29 is 14.6 Å². The molecule has 1 aromatic heterocycles. The number of rotatable bonds is 7. The van der Waals surface area contributed by atoms with Crippen molar-refractivity contribution in [1.82, 2.24) is 0 Å². The SMILES string of the molecule is C=C/C=C/C=C(\C)c1cc(NC(C)CO)c(C(=O)OC)s1. The fourth-order valence-corrected chi connectivity index (χ4v) is 2.63. The number of thiophene rings is 1. The van der Waals surface area contributed by atoms with E-state index in [-0.39, 0.29) is 18.6 Å². The van der Waals surface area contributed by atoms with E-state index in [1.165, 1.54) is 18.4 Å². The van der Waals surface area contributed by atoms with Gasteiger partial charge in [0.25, 0.3) is 0 Å². The Morgan fingerprint density at radius 2 is 2.29 bits per heavy atom. The Kier molecular flexibility index (Phi) is 6.91. The molecule has 1 heterocycles. The van der Waals surface area contributed by atoms with Gasteiger partial charge in [-0.15, -0.1) is 11.3 Å². The van der Waals surface area contributed by atoms with Gasteiger partial charge in [0.05, 0.1) is 19.4 Å². The number of esters is 1. The van der Waals surface area contributed by atoms with Crippen LogP contribution >= 0.6 is 11.3 Å². The number of allylic oxidation sites excluding steroid dienone is 5. The number of nitrogens with one attached hydrogen (secondary N) is 1. The van der Waals surface area contributed by atoms with E-state index < -0.39 is 0 Å². The van der Waals surface area contributed by atoms with Crippen molar-refractivity contribution in [3.8, 4) is 0 Å². The van der Waals surface area contributed by atoms with Crippen molar-refractivity contribution in [3.05, 3.63) is 46.7 Å². The highest BCUT2D eigenvalue weighted by Crippen LogP contribution is 2.33. The lowest BCUT2D eigenvalue weighted by Gasteiger charge is -2.11. The molecule has 0 fully saturated rings. The second-order valence-electron chi connectivity index (χ2n) is 4.54. The van der Waals surface area contributed by atoms with E-state index in [9.17, 15) is 4.79 Å². The van der Waals surface area contributed by atoms with Crippen LogP contribution in [-0.4, -0.2) is 30.8 Å². The molecule has 1 unspecified atom stereocenters. The predicted octanol–water partition coefficient (Wildman–Crippen LogP) is 3.47. The Morgan fingerprint density at radius 1 is 1.57 bits per heavy atom. The quantitative estimate of drug-likeness (QED) is 0.598. The Bertz CT molecular complexity index is 558. The number of ether oxygens (including phenoxy) is 1. The maximum atomic E-state index is 11.8. The number of aliphatic hydroxyl groups is 1. The molecule has 0 aliphatic rings. The monoisotopic (exact) mass is 307 g/mol. The first-order valence-electron chi connectivity index (χ1n) is 6.59. The predicted molar refractivity (Wildman–Crippen MR) is 88.8 cm³/mol. The molecule has 1 atom stereocenters. The van der Waals surface area contributed by atoms with E-state index >= 15 is 0 Å². The van der Waals surface area contributed by atoms with E-state index in [1.807, 2.05) is 38.1 Å². The lowest BCUT2D eigenvalue weighted by atomic mass is 10.2. The zero-order valence-electron chi connectivity index (χ0n) is 12.6. The first kappa shape index (κ1) is 17.2. The van der Waals surface area contributed by atoms with Crippen LogP contribution in [0.1, 0.15) is 28.4 Å². The van der Waals surface area contributed by atoms with Crippen LogP contribution in [0.25, 0.3) is 5.57 Å². The highest BCUT2D eigenvalue weighted by atomic mass is 32.1. The molecule has 1 rings (SSSR count). The van der Waals surface area contributed by atoms with Crippen molar-refractivity contribution in [2.75, 3.05) is 19.0 Å². The summed E-state index contributed by atoms with van der Waals surface area (Å²) in [6.07, 6.45) is 7.39. The molecule has 0 saturated carbocycles. The summed E-state index contributed by atoms with van der Waals surface area (Å²) in [7, 11) is 1.36. The summed E-state index contributed by atoms with van der Waals surface area (Å²) in [5.41, 5.74) is 1.72. The second kappa shape index (κ2) is 8.44. The van der Waals surface area contributed by atoms with Gasteiger partial charge >= 0.3 is 5.97 Å². The van der Waals surface area contributed by atoms with Crippen molar-refractivity contribution in [3.63, 3.8) is 0 Å². The smallest absolute Gasteiger partial charge is 0.350 e. The Hall–Kier alpha value is -1.85. The zero-order valence-corrected chi connectivity index (χ0v) is 13.4. The summed E-state index contributed by atoms with van der Waals surface area (Å²) in [5.74, 6) is -0.381. The molecule has 2 N–H and O–H groups in total. The van der Waals surface area contributed by atoms with Gasteiger partial charge in [-0.3, -0.25) is 0 Å². The minimum absolute atomic E-state index is 0.0112. The fraction of sp³-hybridized carbons (Fsp3) is 0.312. The number of hydrogen-bond acceptors (Lipinski definition) is 5. The highest BCUT2D eigenvalue weighted by Gasteiger charge is 2.18. The largest absolute Gasteiger partial charge is 0.465 e. The number of aliphatic hydroxyl groups excluding tert-OH is 1. The van der Waals surface area contributed by atoms with Crippen LogP contribution in [0.3, 0.4) is 0 Å². The normalized spacial score (nSPS) is 13.2. The van der Waals surface area contributed by atoms with Gasteiger partial charge in [0.1, 0.15) is 4.88 Å². The average Bonchev–Trinajstić information content (AvgIpc) is 2.90. The van der Waals surface area contributed by atoms with Gasteiger partial charge in [0.15, 0.2) is 0 Å². The van der Waals surface area contributed by atoms with Gasteiger partial charge in [0, 0.05) is 10.9 Å². The molecule has 21 heavy (non-hydrogen) atoms. The molecule has 0 spiro atoms. The molecule has 4 nitrogen and oxygen atoms in total. The van der Waals surface area contributed by atoms with E-state index in [1.54, 1.807) is 6.08 Å². The van der Waals surface area contributed by atoms with E-state index in [0.717, 1.165) is 10.5 Å². The van der Waals surface area contributed by atoms with Crippen LogP contribution in [0.4, 0.5) is 5.69 Å². The number of carbonyl (C=O) groups excluding carboxylic acids is 1. The summed E-state index contributed by atoms with van der Waals surface area (Å²) >= 11 is 1.36. The molecule has 0 radical (unpaired) electrons. The third-order valence-corrected chi connectivity index (χ3v) is 4.01. The van der Waals surface area contributed by atoms with Gasteiger partial charge in [-0.2, -0.15) is 0 Å². The van der Waals surface area contributed by atoms with Gasteiger partial charge in [0.2, 0.25) is 0 Å². The van der Waals surface area contributed by atoms with Gasteiger partial charge in [-0.25, -0.2) is 4.79 Å². The molecule has 0 saturated heterocycles. The van der Waals surface area contributed by atoms with Gasteiger partial charge < -0.3 is 15.2 Å². The summed E-state index contributed by atoms with van der Waals surface area (Å²) in [6.45, 7) is 7.42. The lowest BCUT2D eigenvalue weighted by Crippen LogP contribution is -2.20. The minimum atomic E-state index is -0.381. The van der Waals surface area contributed by atoms with Gasteiger partial charge in [-0.05, 0) is 25.5 Å². The highest BCUT2D eigenvalue weighted by molar-refractivity contribution is 7.15. The Balaban J connectivity index is 3.12. The maximum absolute atomic E-state index is 11.8. The number of hydrogen-bond donors (Lipinski definition) is 2. The summed E-state index contributed by atoms with van der Waals surface area (Å²) in [5, 5.41) is 12.3. The van der Waals surface area contributed by atoms with Crippen LogP contribution in [0.15, 0.2) is 36.9 Å². The molecule has 0 aliphatic heterocycles. The average molecular weight is 307 g/mol. The third-order valence-electron chi connectivity index (χ3n) is 2.76. The van der Waals surface area contributed by atoms with Crippen LogP contribution in [0.2, 0.25) is 0 Å². The summed E-state index contributed by atoms with van der Waals surface area (Å²) in [4.78, 5) is 13.3. The fourth-order valence-electron chi connectivity index (χ4n) is 1.61. The van der Waals surface area contributed by atoms with Crippen LogP contribution in [0, 0.1) is 0 Å². The molecular weight excluding hydrogens is 286 g/mol. The third kappa shape index (κ3) is 4.88. The first-order valence-corrected chi connectivity index (χ1v) is 7.41. The first-order chi connectivity index (χ1) is 10.0. The molecule has 0 aromatic carbocycles. The minimum Gasteiger partial charge on any atom is -0.465 e. The Morgan fingerprint density at radius 3 is 2.86 bits per heavy atom. The lowest BCUT2D eigenvalue weighted by molar-refractivity contribution is 0.0607. The molecule has 0 bridgehead atoms. The van der Waals surface area contributed by atoms with E-state index in [4.69, 9.17) is 9.84 Å². The van der Waals surface area contributed by atoms with Crippen molar-refractivity contribution in [2.45, 2.75) is 19.9 Å². The molecular formula is C16H21NO3S. The van der Waals surface area contributed by atoms with Gasteiger partial charge in [-0.1, -0.05) is 30.9 Å². The Labute approximate surface area is 129 Å². The zero-order chi connectivity index (χ0) is 15.8. The van der Waals surface area contributed by atoms with Crippen LogP contribution in [-0.2, 0) is 4.74 Å². The second-order valence-corrected chi connectivity index (χ2v) is 5.60. The summed E-state index contributed by atoms with van der Waals surface area (Å²) < 4.78 is 4.81. The standard InChI is InChI=1S/C16H21NO3S/c1-5-6-7-8-11(2)14-9-13(17-12(3)10-18)15(21-14)16(19)20-4/h5-9,12,17-18H,1,10H2,2-4H3/b7-6+,11-8+.